The summed E-state index contributed by atoms with van der Waals surface area (Å²) in [6.07, 6.45) is 1.51. The van der Waals surface area contributed by atoms with Crippen molar-refractivity contribution in [1.82, 2.24) is 4.98 Å². The van der Waals surface area contributed by atoms with Crippen LogP contribution in [-0.4, -0.2) is 26.6 Å². The van der Waals surface area contributed by atoms with Crippen molar-refractivity contribution in [3.05, 3.63) is 72.4 Å². The molecular weight excluding hydrogens is 439 g/mol. The molecule has 1 aliphatic rings. The van der Waals surface area contributed by atoms with Crippen LogP contribution in [0, 0.1) is 5.82 Å². The molecule has 2 aromatic carbocycles. The number of furan rings is 1. The molecule has 2 aromatic heterocycles. The molecule has 0 fully saturated rings. The molecular formula is C22H17FN2O6S. The molecule has 5 rings (SSSR count). The maximum atomic E-state index is 13.5. The Bertz CT molecular complexity index is 1350. The molecule has 8 nitrogen and oxygen atoms in total. The molecule has 32 heavy (non-hydrogen) atoms. The van der Waals surface area contributed by atoms with Crippen molar-refractivity contribution in [1.29, 1.82) is 0 Å². The number of fused-ring (bicyclic) bond motifs is 1. The number of hydrogen-bond donors (Lipinski definition) is 1. The van der Waals surface area contributed by atoms with Gasteiger partial charge in [-0.3, -0.25) is 0 Å². The van der Waals surface area contributed by atoms with Gasteiger partial charge in [0.15, 0.2) is 11.5 Å². The molecule has 0 bridgehead atoms. The average molecular weight is 456 g/mol. The number of benzene rings is 2. The van der Waals surface area contributed by atoms with Crippen LogP contribution in [0.25, 0.3) is 11.5 Å². The van der Waals surface area contributed by atoms with Crippen molar-refractivity contribution in [3.8, 4) is 23.0 Å². The topological polar surface area (TPSA) is 104 Å². The molecule has 0 aliphatic carbocycles. The number of anilines is 1. The van der Waals surface area contributed by atoms with E-state index in [2.05, 4.69) is 10.3 Å². The molecule has 0 unspecified atom stereocenters. The summed E-state index contributed by atoms with van der Waals surface area (Å²) in [5, 5.41) is 2.62. The molecule has 0 amide bonds. The highest BCUT2D eigenvalue weighted by molar-refractivity contribution is 7.91. The molecule has 0 saturated carbocycles. The maximum absolute atomic E-state index is 13.5. The van der Waals surface area contributed by atoms with Gasteiger partial charge in [-0.2, -0.15) is 4.98 Å². The van der Waals surface area contributed by atoms with Crippen LogP contribution < -0.4 is 14.8 Å². The second-order valence-electron chi connectivity index (χ2n) is 6.90. The highest BCUT2D eigenvalue weighted by Gasteiger charge is 2.30. The van der Waals surface area contributed by atoms with E-state index in [-0.39, 0.29) is 28.2 Å². The summed E-state index contributed by atoms with van der Waals surface area (Å²) in [5.41, 5.74) is 0.427. The lowest BCUT2D eigenvalue weighted by atomic mass is 10.2. The van der Waals surface area contributed by atoms with E-state index in [1.54, 1.807) is 12.1 Å². The minimum atomic E-state index is -4.10. The predicted octanol–water partition coefficient (Wildman–Crippen LogP) is 4.29. The molecule has 10 heteroatoms. The Morgan fingerprint density at radius 2 is 1.78 bits per heavy atom. The molecule has 3 heterocycles. The van der Waals surface area contributed by atoms with E-state index in [4.69, 9.17) is 18.3 Å². The molecule has 0 radical (unpaired) electrons. The molecule has 0 saturated heterocycles. The van der Waals surface area contributed by atoms with Gasteiger partial charge in [0.1, 0.15) is 24.8 Å². The minimum absolute atomic E-state index is 0.0262. The van der Waals surface area contributed by atoms with Crippen molar-refractivity contribution in [3.63, 3.8) is 0 Å². The third-order valence-corrected chi connectivity index (χ3v) is 6.43. The van der Waals surface area contributed by atoms with Crippen LogP contribution in [0.1, 0.15) is 5.76 Å². The SMILES string of the molecule is O=S(=O)(c1ccc2c(c1)OCCO2)c1nc(-c2ccc(F)cc2)oc1NCc1ccco1. The number of aromatic nitrogens is 1. The van der Waals surface area contributed by atoms with E-state index < -0.39 is 15.7 Å². The van der Waals surface area contributed by atoms with E-state index in [9.17, 15) is 12.8 Å². The number of halogens is 1. The van der Waals surface area contributed by atoms with Gasteiger partial charge in [0.25, 0.3) is 0 Å². The Hall–Kier alpha value is -3.79. The van der Waals surface area contributed by atoms with Crippen LogP contribution >= 0.6 is 0 Å². The maximum Gasteiger partial charge on any atom is 0.234 e. The summed E-state index contributed by atoms with van der Waals surface area (Å²) in [7, 11) is -4.10. The zero-order valence-electron chi connectivity index (χ0n) is 16.6. The average Bonchev–Trinajstić information content (AvgIpc) is 3.48. The molecule has 4 aromatic rings. The van der Waals surface area contributed by atoms with Crippen LogP contribution in [0.3, 0.4) is 0 Å². The van der Waals surface area contributed by atoms with Crippen LogP contribution in [-0.2, 0) is 16.4 Å². The quantitative estimate of drug-likeness (QED) is 0.458. The Labute approximate surface area is 182 Å². The van der Waals surface area contributed by atoms with Gasteiger partial charge >= 0.3 is 0 Å². The number of rotatable bonds is 6. The zero-order valence-corrected chi connectivity index (χ0v) is 17.4. The van der Waals surface area contributed by atoms with Gasteiger partial charge in [0, 0.05) is 11.6 Å². The van der Waals surface area contributed by atoms with Gasteiger partial charge in [0.05, 0.1) is 17.7 Å². The monoisotopic (exact) mass is 456 g/mol. The minimum Gasteiger partial charge on any atom is -0.486 e. The summed E-state index contributed by atoms with van der Waals surface area (Å²) in [5.74, 6) is 0.926. The van der Waals surface area contributed by atoms with E-state index in [0.717, 1.165) is 0 Å². The summed E-state index contributed by atoms with van der Waals surface area (Å²) in [6, 6.07) is 13.2. The smallest absolute Gasteiger partial charge is 0.234 e. The molecule has 1 aliphatic heterocycles. The Kier molecular flexibility index (Phi) is 5.06. The van der Waals surface area contributed by atoms with E-state index >= 15 is 0 Å². The van der Waals surface area contributed by atoms with Crippen molar-refractivity contribution in [2.45, 2.75) is 16.5 Å². The Balaban J connectivity index is 1.56. The van der Waals surface area contributed by atoms with E-state index in [1.165, 1.54) is 48.7 Å². The van der Waals surface area contributed by atoms with Gasteiger partial charge in [0.2, 0.25) is 26.6 Å². The predicted molar refractivity (Wildman–Crippen MR) is 111 cm³/mol. The number of oxazole rings is 1. The molecule has 164 valence electrons. The Morgan fingerprint density at radius 1 is 1.00 bits per heavy atom. The normalized spacial score (nSPS) is 13.2. The van der Waals surface area contributed by atoms with Gasteiger partial charge in [-0.1, -0.05) is 0 Å². The third-order valence-electron chi connectivity index (χ3n) is 4.77. The van der Waals surface area contributed by atoms with Gasteiger partial charge in [-0.25, -0.2) is 12.8 Å². The highest BCUT2D eigenvalue weighted by atomic mass is 32.2. The fourth-order valence-corrected chi connectivity index (χ4v) is 4.49. The lowest BCUT2D eigenvalue weighted by Crippen LogP contribution is -2.16. The van der Waals surface area contributed by atoms with E-state index in [0.29, 0.717) is 36.0 Å². The first-order valence-corrected chi connectivity index (χ1v) is 11.2. The van der Waals surface area contributed by atoms with Gasteiger partial charge in [-0.15, -0.1) is 0 Å². The molecule has 0 spiro atoms. The fourth-order valence-electron chi connectivity index (χ4n) is 3.20. The second-order valence-corrected chi connectivity index (χ2v) is 8.77. The van der Waals surface area contributed by atoms with Crippen molar-refractivity contribution in [2.75, 3.05) is 18.5 Å². The number of nitrogens with zero attached hydrogens (tertiary/aromatic N) is 1. The van der Waals surface area contributed by atoms with Crippen LogP contribution in [0.2, 0.25) is 0 Å². The summed E-state index contributed by atoms with van der Waals surface area (Å²) < 4.78 is 62.2. The summed E-state index contributed by atoms with van der Waals surface area (Å²) >= 11 is 0. The van der Waals surface area contributed by atoms with E-state index in [1.807, 2.05) is 0 Å². The van der Waals surface area contributed by atoms with Crippen LogP contribution in [0.5, 0.6) is 11.5 Å². The lowest BCUT2D eigenvalue weighted by molar-refractivity contribution is 0.171. The lowest BCUT2D eigenvalue weighted by Gasteiger charge is -2.18. The molecule has 0 atom stereocenters. The highest BCUT2D eigenvalue weighted by Crippen LogP contribution is 2.37. The fraction of sp³-hybridized carbons (Fsp3) is 0.136. The first-order chi connectivity index (χ1) is 15.5. The van der Waals surface area contributed by atoms with Crippen molar-refractivity contribution < 1.29 is 31.1 Å². The number of ether oxygens (including phenoxy) is 2. The van der Waals surface area contributed by atoms with Gasteiger partial charge in [-0.05, 0) is 48.5 Å². The number of hydrogen-bond acceptors (Lipinski definition) is 8. The Morgan fingerprint density at radius 3 is 2.53 bits per heavy atom. The van der Waals surface area contributed by atoms with Gasteiger partial charge < -0.3 is 23.6 Å². The second kappa shape index (κ2) is 8.04. The zero-order chi connectivity index (χ0) is 22.1. The van der Waals surface area contributed by atoms with Crippen molar-refractivity contribution >= 4 is 15.7 Å². The van der Waals surface area contributed by atoms with Crippen molar-refractivity contribution in [2.24, 2.45) is 0 Å². The molecule has 1 N–H and O–H groups in total. The standard InChI is InChI=1S/C22H17FN2O6S/c23-15-5-3-14(4-6-15)20-25-22(21(31-20)24-13-16-2-1-9-28-16)32(26,27)17-7-8-18-19(12-17)30-11-10-29-18/h1-9,12,24H,10-11,13H2. The van der Waals surface area contributed by atoms with Crippen LogP contribution in [0.15, 0.2) is 79.6 Å². The first kappa shape index (κ1) is 20.1. The third kappa shape index (κ3) is 3.80. The number of nitrogens with one attached hydrogen (secondary N) is 1. The van der Waals surface area contributed by atoms with Crippen LogP contribution in [0.4, 0.5) is 10.3 Å². The first-order valence-electron chi connectivity index (χ1n) is 9.68. The summed E-state index contributed by atoms with van der Waals surface area (Å²) in [6.45, 7) is 0.893. The number of sulfone groups is 1. The largest absolute Gasteiger partial charge is 0.486 e. The summed E-state index contributed by atoms with van der Waals surface area (Å²) in [4.78, 5) is 4.20.